The summed E-state index contributed by atoms with van der Waals surface area (Å²) in [6, 6.07) is 5.11. The first-order chi connectivity index (χ1) is 16.8. The van der Waals surface area contributed by atoms with E-state index in [1.807, 2.05) is 0 Å². The summed E-state index contributed by atoms with van der Waals surface area (Å²) in [7, 11) is -23.8. The molecule has 0 amide bonds. The van der Waals surface area contributed by atoms with Gasteiger partial charge in [0, 0.05) is 16.5 Å². The summed E-state index contributed by atoms with van der Waals surface area (Å²) in [6.45, 7) is 0. The van der Waals surface area contributed by atoms with Gasteiger partial charge in [-0.25, -0.2) is 0 Å². The molecule has 0 heterocycles. The average molecular weight is 637 g/mol. The lowest BCUT2D eigenvalue weighted by molar-refractivity contribution is 0.478. The molecule has 22 heteroatoms. The Morgan fingerprint density at radius 2 is 0.868 bits per heavy atom. The maximum Gasteiger partial charge on any atom is 0.296 e. The summed E-state index contributed by atoms with van der Waals surface area (Å²) in [5.41, 5.74) is 9.89. The van der Waals surface area contributed by atoms with Crippen LogP contribution in [0.1, 0.15) is 0 Å². The van der Waals surface area contributed by atoms with Gasteiger partial charge in [0.15, 0.2) is 0 Å². The summed E-state index contributed by atoms with van der Waals surface area (Å²) in [5, 5.41) is -1.02. The first kappa shape index (κ1) is 31.3. The highest BCUT2D eigenvalue weighted by molar-refractivity contribution is 7.87. The number of hydrogen-bond acceptors (Lipinski definition) is 12. The van der Waals surface area contributed by atoms with Crippen molar-refractivity contribution in [3.63, 3.8) is 0 Å². The third-order valence-electron chi connectivity index (χ3n) is 4.40. The van der Waals surface area contributed by atoms with Gasteiger partial charge >= 0.3 is 0 Å². The summed E-state index contributed by atoms with van der Waals surface area (Å²) in [4.78, 5) is -4.04. The lowest BCUT2D eigenvalue weighted by atomic mass is 10.1. The van der Waals surface area contributed by atoms with Crippen LogP contribution in [-0.4, -0.2) is 64.9 Å². The highest BCUT2D eigenvalue weighted by Gasteiger charge is 2.25. The molecule has 210 valence electrons. The van der Waals surface area contributed by atoms with E-state index >= 15 is 0 Å². The van der Waals surface area contributed by atoms with Crippen LogP contribution in [-0.2, 0) is 50.6 Å². The molecule has 0 saturated carbocycles. The molecule has 0 aliphatic carbocycles. The fourth-order valence-electron chi connectivity index (χ4n) is 2.89. The van der Waals surface area contributed by atoms with E-state index in [1.54, 1.807) is 0 Å². The minimum absolute atomic E-state index is 0.269. The van der Waals surface area contributed by atoms with E-state index in [0.29, 0.717) is 12.1 Å². The molecule has 0 saturated heterocycles. The second-order valence-electron chi connectivity index (χ2n) is 7.11. The zero-order valence-corrected chi connectivity index (χ0v) is 22.1. The van der Waals surface area contributed by atoms with E-state index in [2.05, 4.69) is 0 Å². The highest BCUT2D eigenvalue weighted by atomic mass is 32.2. The number of fused-ring (bicyclic) bond motifs is 1. The van der Waals surface area contributed by atoms with Crippen molar-refractivity contribution in [1.82, 2.24) is 0 Å². The Morgan fingerprint density at radius 1 is 0.447 bits per heavy atom. The Kier molecular flexibility index (Phi) is 8.23. The molecule has 0 aromatic heterocycles. The monoisotopic (exact) mass is 636 g/mol. The van der Waals surface area contributed by atoms with Gasteiger partial charge in [-0.1, -0.05) is 0 Å². The molecule has 0 aliphatic heterocycles. The summed E-state index contributed by atoms with van der Waals surface area (Å²) >= 11 is 0. The van der Waals surface area contributed by atoms with Gasteiger partial charge in [-0.3, -0.25) is 22.8 Å². The molecule has 3 aromatic carbocycles. The summed E-state index contributed by atoms with van der Waals surface area (Å²) in [5.74, 6) is 0. The van der Waals surface area contributed by atoms with Crippen LogP contribution in [0.5, 0.6) is 0 Å². The van der Waals surface area contributed by atoms with Crippen LogP contribution in [0.25, 0.3) is 10.8 Å². The van der Waals surface area contributed by atoms with Crippen molar-refractivity contribution < 1.29 is 64.9 Å². The van der Waals surface area contributed by atoms with Gasteiger partial charge in [0.25, 0.3) is 50.6 Å². The molecule has 0 radical (unpaired) electrons. The van der Waals surface area contributed by atoms with Crippen LogP contribution in [0.3, 0.4) is 0 Å². The molecule has 0 unspecified atom stereocenters. The molecule has 0 fully saturated rings. The normalized spacial score (nSPS) is 13.1. The summed E-state index contributed by atoms with van der Waals surface area (Å²) in [6.07, 6.45) is 0. The van der Waals surface area contributed by atoms with Crippen LogP contribution in [0.15, 0.2) is 66.9 Å². The zero-order valence-electron chi connectivity index (χ0n) is 18.1. The van der Waals surface area contributed by atoms with E-state index in [4.69, 9.17) is 25.1 Å². The molecular formula is C16H16N2O15S5. The van der Waals surface area contributed by atoms with E-state index in [1.165, 1.54) is 0 Å². The number of benzene rings is 3. The van der Waals surface area contributed by atoms with Gasteiger partial charge < -0.3 is 11.5 Å². The predicted octanol–water partition coefficient (Wildman–Crippen LogP) is -0.0757. The molecule has 0 bridgehead atoms. The fourth-order valence-corrected chi connectivity index (χ4v) is 6.06. The van der Waals surface area contributed by atoms with Crippen molar-refractivity contribution >= 4 is 72.7 Å². The Labute approximate surface area is 215 Å². The minimum atomic E-state index is -5.00. The van der Waals surface area contributed by atoms with Gasteiger partial charge in [0.2, 0.25) is 0 Å². The smallest absolute Gasteiger partial charge is 0.296 e. The Balaban J connectivity index is 0.000000293. The van der Waals surface area contributed by atoms with E-state index in [-0.39, 0.29) is 5.69 Å². The Bertz CT molecular complexity index is 2000. The molecule has 0 spiro atoms. The topological polar surface area (TPSA) is 324 Å². The van der Waals surface area contributed by atoms with Crippen LogP contribution in [0.2, 0.25) is 0 Å². The van der Waals surface area contributed by atoms with Crippen LogP contribution < -0.4 is 11.5 Å². The lowest BCUT2D eigenvalue weighted by Crippen LogP contribution is -2.07. The van der Waals surface area contributed by atoms with Crippen LogP contribution in [0, 0.1) is 0 Å². The number of hydrogen-bond donors (Lipinski definition) is 7. The maximum absolute atomic E-state index is 11.4. The third-order valence-corrected chi connectivity index (χ3v) is 8.80. The fraction of sp³-hybridized carbons (Fsp3) is 0. The second-order valence-corrected chi connectivity index (χ2v) is 14.1. The van der Waals surface area contributed by atoms with Gasteiger partial charge in [-0.05, 0) is 42.5 Å². The van der Waals surface area contributed by atoms with Crippen molar-refractivity contribution in [2.45, 2.75) is 24.5 Å². The van der Waals surface area contributed by atoms with Crippen molar-refractivity contribution in [3.8, 4) is 0 Å². The van der Waals surface area contributed by atoms with Crippen molar-refractivity contribution in [2.75, 3.05) is 11.5 Å². The number of rotatable bonds is 5. The van der Waals surface area contributed by atoms with Gasteiger partial charge in [-0.2, -0.15) is 42.1 Å². The van der Waals surface area contributed by atoms with E-state index in [0.717, 1.165) is 30.3 Å². The third kappa shape index (κ3) is 7.34. The predicted molar refractivity (Wildman–Crippen MR) is 128 cm³/mol. The Hall–Kier alpha value is -2.93. The minimum Gasteiger partial charge on any atom is -0.399 e. The molecular weight excluding hydrogens is 621 g/mol. The molecule has 0 aliphatic rings. The highest BCUT2D eigenvalue weighted by Crippen LogP contribution is 2.33. The maximum atomic E-state index is 11.4. The number of nitrogen functional groups attached to an aromatic ring is 2. The van der Waals surface area contributed by atoms with Crippen LogP contribution >= 0.6 is 0 Å². The molecule has 38 heavy (non-hydrogen) atoms. The molecule has 0 atom stereocenters. The number of anilines is 2. The molecule has 9 N–H and O–H groups in total. The summed E-state index contributed by atoms with van der Waals surface area (Å²) < 4.78 is 155. The average Bonchev–Trinajstić information content (AvgIpc) is 2.69. The van der Waals surface area contributed by atoms with Crippen molar-refractivity contribution in [2.24, 2.45) is 0 Å². The lowest BCUT2D eigenvalue weighted by Gasteiger charge is -2.11. The SMILES string of the molecule is Nc1cc(S(=O)(=O)O)c2cc(S(=O)(=O)O)cc(S(=O)(=O)O)c2c1.Nc1cc(S(=O)(=O)O)ccc1S(=O)(=O)O. The van der Waals surface area contributed by atoms with E-state index < -0.39 is 91.5 Å². The van der Waals surface area contributed by atoms with Crippen molar-refractivity contribution in [1.29, 1.82) is 0 Å². The first-order valence-electron chi connectivity index (χ1n) is 8.97. The quantitative estimate of drug-likeness (QED) is 0.142. The molecule has 3 rings (SSSR count). The van der Waals surface area contributed by atoms with Gasteiger partial charge in [0.1, 0.15) is 14.7 Å². The molecule has 3 aromatic rings. The number of nitrogens with two attached hydrogens (primary N) is 2. The van der Waals surface area contributed by atoms with Crippen LogP contribution in [0.4, 0.5) is 11.4 Å². The molecule has 17 nitrogen and oxygen atoms in total. The Morgan fingerprint density at radius 3 is 1.26 bits per heavy atom. The standard InChI is InChI=1S/C10H9NO9S3.C6H7NO6S2/c11-5-1-7-8(9(2-5)22(15,16)17)3-6(21(12,13)14)4-10(7)23(18,19)20;7-5-3-4(14(8,9)10)1-2-6(5)15(11,12)13/h1-4H,11H2,(H,12,13,14)(H,15,16,17)(H,18,19,20);1-3H,7H2,(H,8,9,10)(H,11,12,13). The van der Waals surface area contributed by atoms with Gasteiger partial charge in [-0.15, -0.1) is 0 Å². The first-order valence-corrected chi connectivity index (χ1v) is 16.2. The van der Waals surface area contributed by atoms with Crippen molar-refractivity contribution in [3.05, 3.63) is 42.5 Å². The largest absolute Gasteiger partial charge is 0.399 e. The van der Waals surface area contributed by atoms with Gasteiger partial charge in [0.05, 0.1) is 15.5 Å². The second kappa shape index (κ2) is 9.99. The van der Waals surface area contributed by atoms with E-state index in [9.17, 15) is 51.2 Å². The zero-order chi connectivity index (χ0) is 29.6.